The van der Waals surface area contributed by atoms with E-state index >= 15 is 0 Å². The molecule has 0 spiro atoms. The van der Waals surface area contributed by atoms with E-state index in [0.29, 0.717) is 18.0 Å². The van der Waals surface area contributed by atoms with E-state index in [4.69, 9.17) is 16.3 Å². The molecule has 0 saturated carbocycles. The fraction of sp³-hybridized carbons (Fsp3) is 0.400. The van der Waals surface area contributed by atoms with Crippen LogP contribution < -0.4 is 5.32 Å². The van der Waals surface area contributed by atoms with Crippen LogP contribution >= 0.6 is 11.6 Å². The van der Waals surface area contributed by atoms with E-state index in [1.54, 1.807) is 23.4 Å². The first-order valence-corrected chi connectivity index (χ1v) is 9.81. The van der Waals surface area contributed by atoms with Gasteiger partial charge in [0.15, 0.2) is 0 Å². The zero-order chi connectivity index (χ0) is 21.7. The summed E-state index contributed by atoms with van der Waals surface area (Å²) in [7, 11) is 2.49. The van der Waals surface area contributed by atoms with Gasteiger partial charge in [-0.15, -0.1) is 0 Å². The van der Waals surface area contributed by atoms with Crippen molar-refractivity contribution in [2.45, 2.75) is 31.3 Å². The Balaban J connectivity index is 1.84. The summed E-state index contributed by atoms with van der Waals surface area (Å²) in [6.07, 6.45) is 2.24. The maximum atomic E-state index is 13.2. The van der Waals surface area contributed by atoms with Gasteiger partial charge in [-0.05, 0) is 24.1 Å². The number of urea groups is 1. The van der Waals surface area contributed by atoms with Crippen molar-refractivity contribution in [2.24, 2.45) is 0 Å². The Morgan fingerprint density at radius 1 is 1.27 bits per heavy atom. The van der Waals surface area contributed by atoms with Gasteiger partial charge < -0.3 is 24.7 Å². The summed E-state index contributed by atoms with van der Waals surface area (Å²) >= 11 is 6.02. The predicted molar refractivity (Wildman–Crippen MR) is 108 cm³/mol. The number of rotatable bonds is 6. The molecule has 160 valence electrons. The molecule has 2 N–H and O–H groups in total. The predicted octanol–water partition coefficient (Wildman–Crippen LogP) is 2.21. The average Bonchev–Trinajstić information content (AvgIpc) is 3.24. The number of hydrogen-bond acceptors (Lipinski definition) is 6. The molecule has 1 aromatic carbocycles. The van der Waals surface area contributed by atoms with Crippen molar-refractivity contribution in [3.63, 3.8) is 0 Å². The quantitative estimate of drug-likeness (QED) is 0.674. The van der Waals surface area contributed by atoms with Crippen LogP contribution in [0.25, 0.3) is 0 Å². The number of aromatic nitrogens is 2. The number of hydrogen-bond donors (Lipinski definition) is 2. The summed E-state index contributed by atoms with van der Waals surface area (Å²) in [4.78, 5) is 45.9. The molecule has 0 radical (unpaired) electrons. The van der Waals surface area contributed by atoms with Crippen molar-refractivity contribution < 1.29 is 23.9 Å². The van der Waals surface area contributed by atoms with Crippen LogP contribution in [-0.4, -0.2) is 59.6 Å². The number of carbonyl (C=O) groups is 3. The van der Waals surface area contributed by atoms with E-state index in [0.717, 1.165) is 17.0 Å². The largest absolute Gasteiger partial charge is 0.469 e. The van der Waals surface area contributed by atoms with E-state index in [1.165, 1.54) is 14.2 Å². The van der Waals surface area contributed by atoms with Crippen LogP contribution in [0.3, 0.4) is 0 Å². The molecule has 1 aliphatic heterocycles. The number of carbonyl (C=O) groups excluding carboxylic acids is 3. The van der Waals surface area contributed by atoms with Crippen LogP contribution in [0.1, 0.15) is 35.8 Å². The maximum Gasteiger partial charge on any atom is 0.328 e. The minimum Gasteiger partial charge on any atom is -0.469 e. The molecule has 30 heavy (non-hydrogen) atoms. The number of methoxy groups -OCH3 is 2. The molecular weight excluding hydrogens is 412 g/mol. The Kier molecular flexibility index (Phi) is 6.94. The zero-order valence-electron chi connectivity index (χ0n) is 16.7. The molecular formula is C20H23ClN4O5. The number of aromatic amines is 1. The number of nitrogens with one attached hydrogen (secondary N) is 2. The van der Waals surface area contributed by atoms with Gasteiger partial charge in [-0.2, -0.15) is 0 Å². The van der Waals surface area contributed by atoms with Crippen LogP contribution in [0.4, 0.5) is 4.79 Å². The molecule has 0 saturated heterocycles. The van der Waals surface area contributed by atoms with Gasteiger partial charge in [-0.3, -0.25) is 4.79 Å². The molecule has 1 aromatic heterocycles. The van der Waals surface area contributed by atoms with Crippen LogP contribution in [0, 0.1) is 0 Å². The number of benzene rings is 1. The topological polar surface area (TPSA) is 114 Å². The molecule has 2 amide bonds. The highest BCUT2D eigenvalue weighted by molar-refractivity contribution is 6.30. The second-order valence-electron chi connectivity index (χ2n) is 6.80. The van der Waals surface area contributed by atoms with Crippen LogP contribution in [0.15, 0.2) is 30.6 Å². The molecule has 10 heteroatoms. The van der Waals surface area contributed by atoms with Gasteiger partial charge in [-0.25, -0.2) is 14.6 Å². The first-order valence-electron chi connectivity index (χ1n) is 9.44. The van der Waals surface area contributed by atoms with Crippen LogP contribution in [0.2, 0.25) is 5.02 Å². The Morgan fingerprint density at radius 2 is 2.00 bits per heavy atom. The molecule has 0 fully saturated rings. The van der Waals surface area contributed by atoms with Crippen molar-refractivity contribution >= 4 is 29.6 Å². The van der Waals surface area contributed by atoms with Gasteiger partial charge >= 0.3 is 18.0 Å². The highest BCUT2D eigenvalue weighted by atomic mass is 35.5. The van der Waals surface area contributed by atoms with Gasteiger partial charge in [-0.1, -0.05) is 23.7 Å². The lowest BCUT2D eigenvalue weighted by molar-refractivity contribution is -0.144. The molecule has 2 unspecified atom stereocenters. The number of esters is 2. The third-order valence-electron chi connectivity index (χ3n) is 5.02. The van der Waals surface area contributed by atoms with Gasteiger partial charge in [0.2, 0.25) is 0 Å². The fourth-order valence-corrected chi connectivity index (χ4v) is 3.59. The number of ether oxygens (including phenoxy) is 2. The van der Waals surface area contributed by atoms with E-state index < -0.39 is 30.1 Å². The lowest BCUT2D eigenvalue weighted by Crippen LogP contribution is -2.51. The highest BCUT2D eigenvalue weighted by Crippen LogP contribution is 2.33. The minimum atomic E-state index is -0.979. The van der Waals surface area contributed by atoms with Gasteiger partial charge in [0.25, 0.3) is 0 Å². The van der Waals surface area contributed by atoms with E-state index in [2.05, 4.69) is 20.0 Å². The lowest BCUT2D eigenvalue weighted by Gasteiger charge is -2.36. The van der Waals surface area contributed by atoms with Gasteiger partial charge in [0, 0.05) is 30.1 Å². The third kappa shape index (κ3) is 4.73. The van der Waals surface area contributed by atoms with Crippen molar-refractivity contribution in [1.82, 2.24) is 20.2 Å². The molecule has 2 heterocycles. The maximum absolute atomic E-state index is 13.2. The number of fused-ring (bicyclic) bond motifs is 1. The Hall–Kier alpha value is -3.07. The Labute approximate surface area is 178 Å². The summed E-state index contributed by atoms with van der Waals surface area (Å²) in [5.74, 6) is -1.11. The second-order valence-corrected chi connectivity index (χ2v) is 7.24. The smallest absolute Gasteiger partial charge is 0.328 e. The zero-order valence-corrected chi connectivity index (χ0v) is 17.4. The van der Waals surface area contributed by atoms with Crippen molar-refractivity contribution in [1.29, 1.82) is 0 Å². The standard InChI is InChI=1S/C20H23ClN4O5/c1-29-16(26)8-7-15(19(27)30-2)24-20(28)25-10-9-14-17(23-11-22-14)18(25)12-3-5-13(21)6-4-12/h3-6,11,15,18H,7-10H2,1-2H3,(H,22,23)(H,24,28). The minimum absolute atomic E-state index is 0.0271. The SMILES string of the molecule is COC(=O)CCC(NC(=O)N1CCc2[nH]cnc2C1c1ccc(Cl)cc1)C(=O)OC. The lowest BCUT2D eigenvalue weighted by atomic mass is 9.96. The number of nitrogens with zero attached hydrogens (tertiary/aromatic N) is 2. The summed E-state index contributed by atoms with van der Waals surface area (Å²) in [5, 5.41) is 3.28. The number of imidazole rings is 1. The van der Waals surface area contributed by atoms with Crippen molar-refractivity contribution in [2.75, 3.05) is 20.8 Å². The fourth-order valence-electron chi connectivity index (χ4n) is 3.47. The molecule has 2 aromatic rings. The summed E-state index contributed by atoms with van der Waals surface area (Å²) in [5.41, 5.74) is 2.53. The summed E-state index contributed by atoms with van der Waals surface area (Å²) in [6.45, 7) is 0.416. The Bertz CT molecular complexity index is 914. The Morgan fingerprint density at radius 3 is 2.67 bits per heavy atom. The molecule has 1 aliphatic rings. The van der Waals surface area contributed by atoms with E-state index in [1.807, 2.05) is 12.1 Å². The highest BCUT2D eigenvalue weighted by Gasteiger charge is 2.35. The van der Waals surface area contributed by atoms with Crippen LogP contribution in [0.5, 0.6) is 0 Å². The monoisotopic (exact) mass is 434 g/mol. The third-order valence-corrected chi connectivity index (χ3v) is 5.27. The van der Waals surface area contributed by atoms with E-state index in [9.17, 15) is 14.4 Å². The average molecular weight is 435 g/mol. The molecule has 9 nitrogen and oxygen atoms in total. The first-order chi connectivity index (χ1) is 14.4. The molecule has 0 bridgehead atoms. The van der Waals surface area contributed by atoms with E-state index in [-0.39, 0.29) is 12.8 Å². The summed E-state index contributed by atoms with van der Waals surface area (Å²) in [6, 6.07) is 5.30. The normalized spacial score (nSPS) is 16.4. The van der Waals surface area contributed by atoms with Crippen molar-refractivity contribution in [3.05, 3.63) is 52.6 Å². The summed E-state index contributed by atoms with van der Waals surface area (Å²) < 4.78 is 9.39. The van der Waals surface area contributed by atoms with Gasteiger partial charge in [0.1, 0.15) is 12.1 Å². The molecule has 2 atom stereocenters. The number of amides is 2. The van der Waals surface area contributed by atoms with Gasteiger partial charge in [0.05, 0.1) is 26.2 Å². The van der Waals surface area contributed by atoms with Crippen molar-refractivity contribution in [3.8, 4) is 0 Å². The first kappa shape index (κ1) is 21.6. The molecule has 0 aliphatic carbocycles. The van der Waals surface area contributed by atoms with Crippen LogP contribution in [-0.2, 0) is 25.5 Å². The number of halogens is 1. The second kappa shape index (κ2) is 9.62. The number of H-pyrrole nitrogens is 1. The molecule has 3 rings (SSSR count).